The van der Waals surface area contributed by atoms with Gasteiger partial charge >= 0.3 is 0 Å². The van der Waals surface area contributed by atoms with E-state index in [1.165, 1.54) is 22.3 Å². The summed E-state index contributed by atoms with van der Waals surface area (Å²) in [4.78, 5) is 2.51. The van der Waals surface area contributed by atoms with Crippen molar-refractivity contribution in [2.45, 2.75) is 25.4 Å². The summed E-state index contributed by atoms with van der Waals surface area (Å²) >= 11 is 0. The van der Waals surface area contributed by atoms with E-state index >= 15 is 0 Å². The number of nitrogens with zero attached hydrogens (tertiary/aromatic N) is 1. The van der Waals surface area contributed by atoms with Crippen molar-refractivity contribution >= 4 is 5.69 Å². The second-order valence-electron chi connectivity index (χ2n) is 6.67. The molecule has 4 rings (SSSR count). The largest absolute Gasteiger partial charge is 0.495 e. The minimum Gasteiger partial charge on any atom is -0.495 e. The fourth-order valence-corrected chi connectivity index (χ4v) is 4.16. The number of nitrogen functional groups attached to an aromatic ring is 1. The predicted octanol–water partition coefficient (Wildman–Crippen LogP) is 2.95. The smallest absolute Gasteiger partial charge is 0.161 e. The zero-order valence-corrected chi connectivity index (χ0v) is 15.0. The van der Waals surface area contributed by atoms with Crippen molar-refractivity contribution in [2.24, 2.45) is 0 Å². The maximum absolute atomic E-state index is 6.33. The molecular weight excluding hydrogens is 316 g/mol. The van der Waals surface area contributed by atoms with E-state index in [1.807, 2.05) is 6.07 Å². The summed E-state index contributed by atoms with van der Waals surface area (Å²) in [6, 6.07) is 8.74. The van der Waals surface area contributed by atoms with Gasteiger partial charge in [-0.05, 0) is 53.3 Å². The van der Waals surface area contributed by atoms with Gasteiger partial charge in [0.05, 0.1) is 27.0 Å². The van der Waals surface area contributed by atoms with Crippen LogP contribution >= 0.6 is 0 Å². The number of methoxy groups -OCH3 is 3. The van der Waals surface area contributed by atoms with Crippen molar-refractivity contribution in [1.29, 1.82) is 0 Å². The van der Waals surface area contributed by atoms with E-state index in [-0.39, 0.29) is 0 Å². The van der Waals surface area contributed by atoms with Crippen molar-refractivity contribution in [1.82, 2.24) is 4.90 Å². The Morgan fingerprint density at radius 1 is 0.960 bits per heavy atom. The summed E-state index contributed by atoms with van der Waals surface area (Å²) in [5.41, 5.74) is 12.3. The summed E-state index contributed by atoms with van der Waals surface area (Å²) in [5.74, 6) is 2.36. The lowest BCUT2D eigenvalue weighted by Crippen LogP contribution is -2.39. The molecule has 1 atom stereocenters. The fraction of sp³-hybridized carbons (Fsp3) is 0.400. The van der Waals surface area contributed by atoms with Gasteiger partial charge in [-0.2, -0.15) is 0 Å². The maximum Gasteiger partial charge on any atom is 0.161 e. The molecule has 0 aromatic heterocycles. The quantitative estimate of drug-likeness (QED) is 0.871. The van der Waals surface area contributed by atoms with Gasteiger partial charge in [0.25, 0.3) is 0 Å². The van der Waals surface area contributed by atoms with Crippen LogP contribution in [0, 0.1) is 0 Å². The topological polar surface area (TPSA) is 57.0 Å². The molecule has 25 heavy (non-hydrogen) atoms. The summed E-state index contributed by atoms with van der Waals surface area (Å²) in [6.45, 7) is 1.88. The van der Waals surface area contributed by atoms with Gasteiger partial charge in [0.2, 0.25) is 0 Å². The van der Waals surface area contributed by atoms with Crippen LogP contribution in [0.1, 0.15) is 28.3 Å². The van der Waals surface area contributed by atoms with Crippen LogP contribution in [-0.2, 0) is 19.4 Å². The highest BCUT2D eigenvalue weighted by Crippen LogP contribution is 2.44. The second-order valence-corrected chi connectivity index (χ2v) is 6.67. The van der Waals surface area contributed by atoms with Gasteiger partial charge in [0, 0.05) is 19.1 Å². The Balaban J connectivity index is 1.76. The Morgan fingerprint density at radius 2 is 1.68 bits per heavy atom. The molecule has 0 saturated heterocycles. The molecule has 0 bridgehead atoms. The van der Waals surface area contributed by atoms with Gasteiger partial charge in [-0.1, -0.05) is 6.07 Å². The third-order valence-electron chi connectivity index (χ3n) is 5.52. The fourth-order valence-electron chi connectivity index (χ4n) is 4.16. The van der Waals surface area contributed by atoms with E-state index in [1.54, 1.807) is 21.3 Å². The van der Waals surface area contributed by atoms with E-state index < -0.39 is 0 Å². The molecule has 132 valence electrons. The van der Waals surface area contributed by atoms with Gasteiger partial charge in [-0.15, -0.1) is 0 Å². The molecular formula is C20H24N2O3. The number of hydrogen-bond donors (Lipinski definition) is 1. The number of nitrogens with two attached hydrogens (primary N) is 1. The first-order chi connectivity index (χ1) is 12.2. The van der Waals surface area contributed by atoms with Gasteiger partial charge in [-0.25, -0.2) is 0 Å². The molecule has 1 unspecified atom stereocenters. The van der Waals surface area contributed by atoms with Crippen molar-refractivity contribution < 1.29 is 14.2 Å². The zero-order valence-electron chi connectivity index (χ0n) is 15.0. The molecule has 0 amide bonds. The molecule has 2 aromatic rings. The van der Waals surface area contributed by atoms with Gasteiger partial charge in [0.1, 0.15) is 5.75 Å². The molecule has 2 heterocycles. The standard InChI is InChI=1S/C20H24N2O3/c1-23-17-5-4-12-8-16-14-10-19(25-3)18(24-2)9-13(14)6-7-22(16)11-15(12)20(17)21/h4-5,9-10,16H,6-8,11,21H2,1-3H3. The Morgan fingerprint density at radius 3 is 2.40 bits per heavy atom. The van der Waals surface area contributed by atoms with Gasteiger partial charge in [-0.3, -0.25) is 4.90 Å². The van der Waals surface area contributed by atoms with Crippen molar-refractivity contribution in [3.05, 3.63) is 46.5 Å². The zero-order chi connectivity index (χ0) is 17.6. The molecule has 2 aliphatic heterocycles. The van der Waals surface area contributed by atoms with Crippen molar-refractivity contribution in [3.8, 4) is 17.2 Å². The Labute approximate surface area is 148 Å². The number of hydrogen-bond acceptors (Lipinski definition) is 5. The Hall–Kier alpha value is -2.40. The first-order valence-electron chi connectivity index (χ1n) is 8.59. The van der Waals surface area contributed by atoms with Crippen molar-refractivity contribution in [3.63, 3.8) is 0 Å². The van der Waals surface area contributed by atoms with Crippen LogP contribution < -0.4 is 19.9 Å². The average Bonchev–Trinajstić information content (AvgIpc) is 2.66. The van der Waals surface area contributed by atoms with Crippen LogP contribution in [0.4, 0.5) is 5.69 Å². The number of benzene rings is 2. The van der Waals surface area contributed by atoms with Crippen molar-refractivity contribution in [2.75, 3.05) is 33.6 Å². The molecule has 5 nitrogen and oxygen atoms in total. The molecule has 0 saturated carbocycles. The highest BCUT2D eigenvalue weighted by Gasteiger charge is 2.34. The Bertz CT molecular complexity index is 819. The summed E-state index contributed by atoms with van der Waals surface area (Å²) in [7, 11) is 5.04. The normalized spacial score (nSPS) is 18.8. The monoisotopic (exact) mass is 340 g/mol. The van der Waals surface area contributed by atoms with Crippen LogP contribution in [0.15, 0.2) is 24.3 Å². The average molecular weight is 340 g/mol. The minimum atomic E-state index is 0.351. The molecule has 2 N–H and O–H groups in total. The Kier molecular flexibility index (Phi) is 3.96. The van der Waals surface area contributed by atoms with E-state index in [0.29, 0.717) is 6.04 Å². The highest BCUT2D eigenvalue weighted by atomic mass is 16.5. The molecule has 2 aromatic carbocycles. The van der Waals surface area contributed by atoms with Gasteiger partial charge in [0.15, 0.2) is 11.5 Å². The van der Waals surface area contributed by atoms with Crippen LogP contribution in [0.5, 0.6) is 17.2 Å². The van der Waals surface area contributed by atoms with E-state index in [9.17, 15) is 0 Å². The van der Waals surface area contributed by atoms with Crippen LogP contribution in [0.2, 0.25) is 0 Å². The third-order valence-corrected chi connectivity index (χ3v) is 5.52. The first kappa shape index (κ1) is 16.1. The third kappa shape index (κ3) is 2.50. The highest BCUT2D eigenvalue weighted by molar-refractivity contribution is 5.62. The number of anilines is 1. The maximum atomic E-state index is 6.33. The number of rotatable bonds is 3. The first-order valence-corrected chi connectivity index (χ1v) is 8.59. The molecule has 0 fully saturated rings. The second kappa shape index (κ2) is 6.15. The SMILES string of the molecule is COc1cc2c(cc1OC)C1Cc3ccc(OC)c(N)c3CN1CC2. The predicted molar refractivity (Wildman–Crippen MR) is 97.5 cm³/mol. The molecule has 0 radical (unpaired) electrons. The van der Waals surface area contributed by atoms with Gasteiger partial charge < -0.3 is 19.9 Å². The summed E-state index contributed by atoms with van der Waals surface area (Å²) < 4.78 is 16.4. The van der Waals surface area contributed by atoms with Crippen LogP contribution in [-0.4, -0.2) is 32.8 Å². The lowest BCUT2D eigenvalue weighted by molar-refractivity contribution is 0.160. The summed E-state index contributed by atoms with van der Waals surface area (Å²) in [6.07, 6.45) is 1.96. The van der Waals surface area contributed by atoms with E-state index in [2.05, 4.69) is 23.1 Å². The molecule has 5 heteroatoms. The van der Waals surface area contributed by atoms with Crippen LogP contribution in [0.3, 0.4) is 0 Å². The lowest BCUT2D eigenvalue weighted by atomic mass is 9.83. The molecule has 2 aliphatic rings. The minimum absolute atomic E-state index is 0.351. The summed E-state index contributed by atoms with van der Waals surface area (Å²) in [5, 5.41) is 0. The van der Waals surface area contributed by atoms with E-state index in [4.69, 9.17) is 19.9 Å². The molecule has 0 spiro atoms. The molecule has 0 aliphatic carbocycles. The van der Waals surface area contributed by atoms with E-state index in [0.717, 1.165) is 48.9 Å². The number of ether oxygens (including phenoxy) is 3. The lowest BCUT2D eigenvalue weighted by Gasteiger charge is -2.42. The van der Waals surface area contributed by atoms with Crippen LogP contribution in [0.25, 0.3) is 0 Å². The number of fused-ring (bicyclic) bond motifs is 4.